The van der Waals surface area contributed by atoms with Crippen LogP contribution in [0, 0.1) is 5.82 Å². The zero-order valence-electron chi connectivity index (χ0n) is 10.5. The van der Waals surface area contributed by atoms with Crippen molar-refractivity contribution in [3.63, 3.8) is 0 Å². The van der Waals surface area contributed by atoms with Crippen LogP contribution in [-0.4, -0.2) is 9.78 Å². The number of alkyl halides is 1. The summed E-state index contributed by atoms with van der Waals surface area (Å²) in [5, 5.41) is 4.15. The fraction of sp³-hybridized carbons (Fsp3) is 0.308. The second-order valence-electron chi connectivity index (χ2n) is 4.71. The van der Waals surface area contributed by atoms with E-state index in [1.54, 1.807) is 19.2 Å². The van der Waals surface area contributed by atoms with Crippen LogP contribution >= 0.6 is 0 Å². The first kappa shape index (κ1) is 12.5. The molecule has 0 aliphatic rings. The zero-order valence-corrected chi connectivity index (χ0v) is 10.5. The summed E-state index contributed by atoms with van der Waals surface area (Å²) in [6, 6.07) is 6.02. The Morgan fingerprint density at radius 2 is 2.00 bits per heavy atom. The molecular weight excluding hydrogens is 236 g/mol. The van der Waals surface area contributed by atoms with Crippen molar-refractivity contribution in [3.05, 3.63) is 35.6 Å². The van der Waals surface area contributed by atoms with Crippen LogP contribution in [-0.2, 0) is 12.7 Å². The molecule has 0 aliphatic heterocycles. The fourth-order valence-corrected chi connectivity index (χ4v) is 1.96. The van der Waals surface area contributed by atoms with Gasteiger partial charge in [0.1, 0.15) is 17.3 Å². The Morgan fingerprint density at radius 3 is 2.50 bits per heavy atom. The van der Waals surface area contributed by atoms with Gasteiger partial charge < -0.3 is 5.73 Å². The molecule has 0 amide bonds. The maximum Gasteiger partial charge on any atom is 0.133 e. The molecule has 96 valence electrons. The Hall–Kier alpha value is -1.91. The van der Waals surface area contributed by atoms with Crippen LogP contribution < -0.4 is 5.73 Å². The fourth-order valence-electron chi connectivity index (χ4n) is 1.96. The molecule has 0 atom stereocenters. The van der Waals surface area contributed by atoms with E-state index in [4.69, 9.17) is 5.73 Å². The van der Waals surface area contributed by atoms with Gasteiger partial charge in [-0.05, 0) is 19.9 Å². The van der Waals surface area contributed by atoms with Crippen molar-refractivity contribution in [3.8, 4) is 11.3 Å². The molecule has 5 heteroatoms. The zero-order chi connectivity index (χ0) is 13.5. The summed E-state index contributed by atoms with van der Waals surface area (Å²) in [5.41, 5.74) is 4.80. The van der Waals surface area contributed by atoms with E-state index >= 15 is 0 Å². The van der Waals surface area contributed by atoms with Gasteiger partial charge in [-0.2, -0.15) is 5.10 Å². The highest BCUT2D eigenvalue weighted by molar-refractivity contribution is 5.67. The summed E-state index contributed by atoms with van der Waals surface area (Å²) in [4.78, 5) is 0. The van der Waals surface area contributed by atoms with E-state index < -0.39 is 11.5 Å². The third-order valence-electron chi connectivity index (χ3n) is 2.80. The average molecular weight is 251 g/mol. The quantitative estimate of drug-likeness (QED) is 0.891. The minimum atomic E-state index is -1.78. The molecule has 2 N–H and O–H groups in total. The van der Waals surface area contributed by atoms with Gasteiger partial charge in [-0.3, -0.25) is 4.68 Å². The maximum absolute atomic E-state index is 14.1. The lowest BCUT2D eigenvalue weighted by molar-refractivity contribution is 0.214. The summed E-state index contributed by atoms with van der Waals surface area (Å²) in [6.45, 7) is 2.64. The van der Waals surface area contributed by atoms with Crippen LogP contribution in [0.3, 0.4) is 0 Å². The minimum absolute atomic E-state index is 0.00287. The number of benzene rings is 1. The molecule has 0 spiro atoms. The Labute approximate surface area is 104 Å². The Kier molecular flexibility index (Phi) is 2.84. The predicted molar refractivity (Wildman–Crippen MR) is 67.1 cm³/mol. The lowest BCUT2D eigenvalue weighted by atomic mass is 9.92. The molecule has 1 heterocycles. The molecular formula is C13H15F2N3. The minimum Gasteiger partial charge on any atom is -0.384 e. The molecule has 0 radical (unpaired) electrons. The van der Waals surface area contributed by atoms with Gasteiger partial charge in [0.25, 0.3) is 0 Å². The molecule has 0 saturated carbocycles. The molecule has 0 saturated heterocycles. The number of nitrogens with two attached hydrogens (primary N) is 1. The summed E-state index contributed by atoms with van der Waals surface area (Å²) in [7, 11) is 1.68. The largest absolute Gasteiger partial charge is 0.384 e. The number of rotatable bonds is 2. The highest BCUT2D eigenvalue weighted by Gasteiger charge is 2.27. The van der Waals surface area contributed by atoms with E-state index in [2.05, 4.69) is 5.10 Å². The van der Waals surface area contributed by atoms with Gasteiger partial charge in [0, 0.05) is 24.2 Å². The van der Waals surface area contributed by atoms with Gasteiger partial charge in [0.2, 0.25) is 0 Å². The first-order valence-corrected chi connectivity index (χ1v) is 5.58. The SMILES string of the molecule is Cn1nc(-c2cccc(F)c2C(C)(C)F)cc1N. The number of aryl methyl sites for hydroxylation is 1. The van der Waals surface area contributed by atoms with Crippen LogP contribution in [0.1, 0.15) is 19.4 Å². The molecule has 1 aromatic heterocycles. The monoisotopic (exact) mass is 251 g/mol. The molecule has 0 fully saturated rings. The molecule has 1 aromatic carbocycles. The topological polar surface area (TPSA) is 43.8 Å². The predicted octanol–water partition coefficient (Wildman–Crippen LogP) is 3.01. The average Bonchev–Trinajstić information content (AvgIpc) is 2.57. The van der Waals surface area contributed by atoms with Gasteiger partial charge >= 0.3 is 0 Å². The van der Waals surface area contributed by atoms with Crippen molar-refractivity contribution in [2.75, 3.05) is 5.73 Å². The third kappa shape index (κ3) is 2.08. The van der Waals surface area contributed by atoms with E-state index in [0.29, 0.717) is 17.1 Å². The molecule has 0 unspecified atom stereocenters. The maximum atomic E-state index is 14.1. The first-order chi connectivity index (χ1) is 8.30. The smallest absolute Gasteiger partial charge is 0.133 e. The van der Waals surface area contributed by atoms with Crippen LogP contribution in [0.25, 0.3) is 11.3 Å². The number of halogens is 2. The van der Waals surface area contributed by atoms with E-state index in [1.807, 2.05) is 0 Å². The second-order valence-corrected chi connectivity index (χ2v) is 4.71. The molecule has 3 nitrogen and oxygen atoms in total. The van der Waals surface area contributed by atoms with Gasteiger partial charge in [-0.25, -0.2) is 8.78 Å². The van der Waals surface area contributed by atoms with Crippen LogP contribution in [0.15, 0.2) is 24.3 Å². The number of nitrogen functional groups attached to an aromatic ring is 1. The molecule has 0 aliphatic carbocycles. The summed E-state index contributed by atoms with van der Waals surface area (Å²) in [5.74, 6) is -0.138. The Balaban J connectivity index is 2.68. The van der Waals surface area contributed by atoms with Crippen LogP contribution in [0.2, 0.25) is 0 Å². The third-order valence-corrected chi connectivity index (χ3v) is 2.80. The van der Waals surface area contributed by atoms with Crippen molar-refractivity contribution < 1.29 is 8.78 Å². The number of hydrogen-bond acceptors (Lipinski definition) is 2. The molecule has 0 bridgehead atoms. The second kappa shape index (κ2) is 4.08. The lowest BCUT2D eigenvalue weighted by Crippen LogP contribution is -2.13. The van der Waals surface area contributed by atoms with Gasteiger partial charge in [-0.15, -0.1) is 0 Å². The van der Waals surface area contributed by atoms with E-state index in [9.17, 15) is 8.78 Å². The van der Waals surface area contributed by atoms with Crippen molar-refractivity contribution in [1.82, 2.24) is 9.78 Å². The van der Waals surface area contributed by atoms with Crippen molar-refractivity contribution in [1.29, 1.82) is 0 Å². The number of aromatic nitrogens is 2. The molecule has 18 heavy (non-hydrogen) atoms. The van der Waals surface area contributed by atoms with E-state index in [-0.39, 0.29) is 5.56 Å². The highest BCUT2D eigenvalue weighted by atomic mass is 19.1. The standard InChI is InChI=1S/C13H15F2N3/c1-13(2,15)12-8(5-4-6-9(12)14)10-7-11(16)18(3)17-10/h4-7H,16H2,1-3H3. The van der Waals surface area contributed by atoms with E-state index in [1.165, 1.54) is 30.7 Å². The first-order valence-electron chi connectivity index (χ1n) is 5.58. The van der Waals surface area contributed by atoms with Gasteiger partial charge in [0.15, 0.2) is 0 Å². The normalized spacial score (nSPS) is 11.8. The van der Waals surface area contributed by atoms with Gasteiger partial charge in [-0.1, -0.05) is 12.1 Å². The number of hydrogen-bond donors (Lipinski definition) is 1. The molecule has 2 rings (SSSR count). The number of nitrogens with zero attached hydrogens (tertiary/aromatic N) is 2. The molecule has 2 aromatic rings. The summed E-state index contributed by atoms with van der Waals surface area (Å²) in [6.07, 6.45) is 0. The van der Waals surface area contributed by atoms with E-state index in [0.717, 1.165) is 0 Å². The van der Waals surface area contributed by atoms with Crippen LogP contribution in [0.4, 0.5) is 14.6 Å². The Bertz CT molecular complexity index is 563. The highest BCUT2D eigenvalue weighted by Crippen LogP contribution is 2.35. The number of anilines is 1. The lowest BCUT2D eigenvalue weighted by Gasteiger charge is -2.18. The van der Waals surface area contributed by atoms with Crippen molar-refractivity contribution in [2.45, 2.75) is 19.5 Å². The van der Waals surface area contributed by atoms with Crippen molar-refractivity contribution in [2.24, 2.45) is 7.05 Å². The van der Waals surface area contributed by atoms with Crippen molar-refractivity contribution >= 4 is 5.82 Å². The summed E-state index contributed by atoms with van der Waals surface area (Å²) >= 11 is 0. The van der Waals surface area contributed by atoms with Crippen LogP contribution in [0.5, 0.6) is 0 Å². The Morgan fingerprint density at radius 1 is 1.33 bits per heavy atom. The van der Waals surface area contributed by atoms with Gasteiger partial charge in [0.05, 0.1) is 5.69 Å². The summed E-state index contributed by atoms with van der Waals surface area (Å²) < 4.78 is 29.4.